The minimum absolute atomic E-state index is 0.219. The fourth-order valence-corrected chi connectivity index (χ4v) is 3.01. The summed E-state index contributed by atoms with van der Waals surface area (Å²) in [5.74, 6) is 0.532. The molecule has 1 N–H and O–H groups in total. The number of benzene rings is 2. The average Bonchev–Trinajstić information content (AvgIpc) is 2.97. The van der Waals surface area contributed by atoms with Gasteiger partial charge in [-0.25, -0.2) is 9.78 Å². The van der Waals surface area contributed by atoms with Crippen molar-refractivity contribution in [3.63, 3.8) is 0 Å². The number of hydrogen-bond acceptors (Lipinski definition) is 5. The zero-order valence-electron chi connectivity index (χ0n) is 14.9. The second-order valence-corrected chi connectivity index (χ2v) is 6.01. The Hall–Kier alpha value is -3.61. The summed E-state index contributed by atoms with van der Waals surface area (Å²) in [6, 6.07) is 13.8. The molecule has 0 saturated carbocycles. The van der Waals surface area contributed by atoms with Gasteiger partial charge in [0.05, 0.1) is 23.2 Å². The number of nitrogens with zero attached hydrogens (tertiary/aromatic N) is 2. The Balaban J connectivity index is 1.75. The van der Waals surface area contributed by atoms with Crippen molar-refractivity contribution in [2.45, 2.75) is 6.92 Å². The summed E-state index contributed by atoms with van der Waals surface area (Å²) in [7, 11) is 1.82. The number of amides is 1. The number of para-hydroxylation sites is 2. The Morgan fingerprint density at radius 1 is 1.22 bits per heavy atom. The van der Waals surface area contributed by atoms with Crippen molar-refractivity contribution in [3.8, 4) is 5.75 Å². The predicted octanol–water partition coefficient (Wildman–Crippen LogP) is 3.33. The van der Waals surface area contributed by atoms with Gasteiger partial charge in [-0.3, -0.25) is 10.1 Å². The first-order chi connectivity index (χ1) is 13.1. The number of hydrogen-bond donors (Lipinski definition) is 1. The zero-order valence-corrected chi connectivity index (χ0v) is 14.9. The maximum atomic E-state index is 12.8. The molecule has 2 aromatic carbocycles. The van der Waals surface area contributed by atoms with Crippen molar-refractivity contribution in [2.75, 3.05) is 11.9 Å². The van der Waals surface area contributed by atoms with E-state index in [0.29, 0.717) is 29.3 Å². The lowest BCUT2D eigenvalue weighted by atomic mass is 10.1. The molecule has 27 heavy (non-hydrogen) atoms. The molecule has 4 rings (SSSR count). The third-order valence-electron chi connectivity index (χ3n) is 4.28. The van der Waals surface area contributed by atoms with Crippen LogP contribution in [0.1, 0.15) is 17.3 Å². The number of aryl methyl sites for hydroxylation is 1. The lowest BCUT2D eigenvalue weighted by Crippen LogP contribution is -2.17. The summed E-state index contributed by atoms with van der Waals surface area (Å²) >= 11 is 0. The number of carbonyl (C=O) groups excluding carboxylic acids is 1. The van der Waals surface area contributed by atoms with Crippen LogP contribution in [0, 0.1) is 0 Å². The van der Waals surface area contributed by atoms with Gasteiger partial charge in [-0.1, -0.05) is 12.1 Å². The minimum Gasteiger partial charge on any atom is -0.494 e. The number of aromatic nitrogens is 2. The van der Waals surface area contributed by atoms with E-state index in [4.69, 9.17) is 9.15 Å². The molecule has 0 unspecified atom stereocenters. The molecule has 136 valence electrons. The topological polar surface area (TPSA) is 86.4 Å². The van der Waals surface area contributed by atoms with Gasteiger partial charge in [-0.05, 0) is 31.2 Å². The number of fused-ring (bicyclic) bond motifs is 2. The lowest BCUT2D eigenvalue weighted by molar-refractivity contribution is 0.102. The molecule has 0 fully saturated rings. The van der Waals surface area contributed by atoms with Crippen LogP contribution < -0.4 is 15.7 Å². The van der Waals surface area contributed by atoms with Gasteiger partial charge in [-0.15, -0.1) is 0 Å². The van der Waals surface area contributed by atoms with Gasteiger partial charge in [0.1, 0.15) is 11.3 Å². The number of carbonyl (C=O) groups is 1. The molecule has 1 amide bonds. The van der Waals surface area contributed by atoms with E-state index in [1.165, 1.54) is 6.07 Å². The van der Waals surface area contributed by atoms with Crippen LogP contribution in [0.25, 0.3) is 22.0 Å². The van der Waals surface area contributed by atoms with Gasteiger partial charge < -0.3 is 13.7 Å². The van der Waals surface area contributed by atoms with E-state index in [-0.39, 0.29) is 5.56 Å². The van der Waals surface area contributed by atoms with Crippen molar-refractivity contribution >= 4 is 33.9 Å². The molecule has 4 aromatic rings. The molecule has 0 bridgehead atoms. The highest BCUT2D eigenvalue weighted by Gasteiger charge is 2.17. The fraction of sp³-hybridized carbons (Fsp3) is 0.150. The highest BCUT2D eigenvalue weighted by Crippen LogP contribution is 2.24. The summed E-state index contributed by atoms with van der Waals surface area (Å²) in [5.41, 5.74) is 1.58. The van der Waals surface area contributed by atoms with Gasteiger partial charge in [0.15, 0.2) is 0 Å². The SMILES string of the molecule is CCOc1ccc2c(C(=O)Nc3nc4ccccc4n3C)cc(=O)oc2c1. The lowest BCUT2D eigenvalue weighted by Gasteiger charge is -2.08. The minimum atomic E-state index is -0.605. The maximum absolute atomic E-state index is 12.8. The Kier molecular flexibility index (Phi) is 4.12. The molecule has 0 aliphatic rings. The number of anilines is 1. The van der Waals surface area contributed by atoms with Gasteiger partial charge in [0, 0.05) is 24.6 Å². The first-order valence-corrected chi connectivity index (χ1v) is 8.50. The van der Waals surface area contributed by atoms with Crippen LogP contribution in [0.15, 0.2) is 57.7 Å². The summed E-state index contributed by atoms with van der Waals surface area (Å²) in [4.78, 5) is 29.2. The standard InChI is InChI=1S/C20H17N3O4/c1-3-26-12-8-9-13-14(11-18(24)27-17(13)10-12)19(25)22-20-21-15-6-4-5-7-16(15)23(20)2/h4-11H,3H2,1-2H3,(H,21,22,25). The number of nitrogens with one attached hydrogen (secondary N) is 1. The van der Waals surface area contributed by atoms with E-state index in [1.54, 1.807) is 22.8 Å². The first kappa shape index (κ1) is 16.8. The van der Waals surface area contributed by atoms with Crippen molar-refractivity contribution < 1.29 is 13.9 Å². The molecule has 0 atom stereocenters. The molecule has 0 radical (unpaired) electrons. The summed E-state index contributed by atoms with van der Waals surface area (Å²) in [6.07, 6.45) is 0. The zero-order chi connectivity index (χ0) is 19.0. The second-order valence-electron chi connectivity index (χ2n) is 6.01. The molecule has 0 saturated heterocycles. The molecule has 2 heterocycles. The van der Waals surface area contributed by atoms with E-state index in [0.717, 1.165) is 11.0 Å². The smallest absolute Gasteiger partial charge is 0.337 e. The highest BCUT2D eigenvalue weighted by atomic mass is 16.5. The largest absolute Gasteiger partial charge is 0.494 e. The third kappa shape index (κ3) is 3.03. The Morgan fingerprint density at radius 3 is 2.81 bits per heavy atom. The van der Waals surface area contributed by atoms with E-state index in [2.05, 4.69) is 10.3 Å². The van der Waals surface area contributed by atoms with Gasteiger partial charge >= 0.3 is 5.63 Å². The number of ether oxygens (including phenoxy) is 1. The number of imidazole rings is 1. The second kappa shape index (κ2) is 6.60. The monoisotopic (exact) mass is 363 g/mol. The van der Waals surface area contributed by atoms with Crippen molar-refractivity contribution in [1.82, 2.24) is 9.55 Å². The van der Waals surface area contributed by atoms with Crippen molar-refractivity contribution in [3.05, 3.63) is 64.5 Å². The molecule has 0 aliphatic carbocycles. The van der Waals surface area contributed by atoms with Crippen LogP contribution in [0.2, 0.25) is 0 Å². The highest BCUT2D eigenvalue weighted by molar-refractivity contribution is 6.11. The van der Waals surface area contributed by atoms with E-state index in [1.807, 2.05) is 38.2 Å². The van der Waals surface area contributed by atoms with E-state index >= 15 is 0 Å². The summed E-state index contributed by atoms with van der Waals surface area (Å²) < 4.78 is 12.4. The quantitative estimate of drug-likeness (QED) is 0.562. The van der Waals surface area contributed by atoms with Gasteiger partial charge in [0.2, 0.25) is 5.95 Å². The fourth-order valence-electron chi connectivity index (χ4n) is 3.01. The number of rotatable bonds is 4. The van der Waals surface area contributed by atoms with Crippen molar-refractivity contribution in [1.29, 1.82) is 0 Å². The molecule has 7 nitrogen and oxygen atoms in total. The van der Waals surface area contributed by atoms with Gasteiger partial charge in [0.25, 0.3) is 5.91 Å². The van der Waals surface area contributed by atoms with Crippen LogP contribution in [0.3, 0.4) is 0 Å². The molecule has 0 spiro atoms. The molecule has 2 aromatic heterocycles. The predicted molar refractivity (Wildman–Crippen MR) is 102 cm³/mol. The van der Waals surface area contributed by atoms with Crippen LogP contribution >= 0.6 is 0 Å². The Labute approximate surface area is 154 Å². The van der Waals surface area contributed by atoms with Crippen molar-refractivity contribution in [2.24, 2.45) is 7.05 Å². The van der Waals surface area contributed by atoms with Crippen LogP contribution in [0.5, 0.6) is 5.75 Å². The molecule has 7 heteroatoms. The Bertz CT molecular complexity index is 1220. The Morgan fingerprint density at radius 2 is 2.04 bits per heavy atom. The van der Waals surface area contributed by atoms with Crippen LogP contribution in [-0.4, -0.2) is 22.1 Å². The molecular formula is C20H17N3O4. The van der Waals surface area contributed by atoms with Crippen LogP contribution in [-0.2, 0) is 7.05 Å². The van der Waals surface area contributed by atoms with Gasteiger partial charge in [-0.2, -0.15) is 0 Å². The van der Waals surface area contributed by atoms with E-state index in [9.17, 15) is 9.59 Å². The summed E-state index contributed by atoms with van der Waals surface area (Å²) in [6.45, 7) is 2.35. The first-order valence-electron chi connectivity index (χ1n) is 8.50. The van der Waals surface area contributed by atoms with Crippen LogP contribution in [0.4, 0.5) is 5.95 Å². The average molecular weight is 363 g/mol. The third-order valence-corrected chi connectivity index (χ3v) is 4.28. The summed E-state index contributed by atoms with van der Waals surface area (Å²) in [5, 5.41) is 3.30. The maximum Gasteiger partial charge on any atom is 0.337 e. The molecular weight excluding hydrogens is 346 g/mol. The normalized spacial score (nSPS) is 11.0. The molecule has 0 aliphatic heterocycles. The van der Waals surface area contributed by atoms with E-state index < -0.39 is 11.5 Å².